The van der Waals surface area contributed by atoms with Gasteiger partial charge in [-0.25, -0.2) is 0 Å². The van der Waals surface area contributed by atoms with E-state index in [1.54, 1.807) is 4.90 Å². The van der Waals surface area contributed by atoms with Crippen LogP contribution in [0.3, 0.4) is 0 Å². The molecule has 1 saturated carbocycles. The number of nitrogens with zero attached hydrogens (tertiary/aromatic N) is 1. The van der Waals surface area contributed by atoms with Crippen molar-refractivity contribution in [3.8, 4) is 0 Å². The molecule has 1 aliphatic carbocycles. The summed E-state index contributed by atoms with van der Waals surface area (Å²) in [5.41, 5.74) is -0.808. The fourth-order valence-corrected chi connectivity index (χ4v) is 2.92. The van der Waals surface area contributed by atoms with Crippen LogP contribution in [-0.2, 0) is 9.59 Å². The molecule has 1 rings (SSSR count). The number of carbonyl (C=O) groups is 2. The highest BCUT2D eigenvalue weighted by atomic mass is 16.4. The average molecular weight is 255 g/mol. The lowest BCUT2D eigenvalue weighted by Crippen LogP contribution is -2.43. The maximum atomic E-state index is 12.3. The monoisotopic (exact) mass is 255 g/mol. The fourth-order valence-electron chi connectivity index (χ4n) is 2.92. The van der Waals surface area contributed by atoms with Gasteiger partial charge in [-0.3, -0.25) is 9.59 Å². The number of hydrogen-bond acceptors (Lipinski definition) is 2. The smallest absolute Gasteiger partial charge is 0.310 e. The molecule has 0 atom stereocenters. The Morgan fingerprint density at radius 3 is 2.17 bits per heavy atom. The molecule has 104 valence electrons. The highest BCUT2D eigenvalue weighted by molar-refractivity contribution is 5.85. The van der Waals surface area contributed by atoms with Gasteiger partial charge in [0, 0.05) is 19.0 Å². The Morgan fingerprint density at radius 1 is 1.22 bits per heavy atom. The van der Waals surface area contributed by atoms with Gasteiger partial charge in [0.25, 0.3) is 0 Å². The van der Waals surface area contributed by atoms with Crippen LogP contribution in [-0.4, -0.2) is 34.5 Å². The second kappa shape index (κ2) is 6.21. The van der Waals surface area contributed by atoms with Gasteiger partial charge in [-0.2, -0.15) is 0 Å². The summed E-state index contributed by atoms with van der Waals surface area (Å²) in [6.45, 7) is 6.52. The van der Waals surface area contributed by atoms with Crippen LogP contribution in [0.5, 0.6) is 0 Å². The van der Waals surface area contributed by atoms with E-state index in [1.165, 1.54) is 0 Å². The summed E-state index contributed by atoms with van der Waals surface area (Å²) >= 11 is 0. The Hall–Kier alpha value is -1.06. The van der Waals surface area contributed by atoms with Crippen LogP contribution in [0.25, 0.3) is 0 Å². The first kappa shape index (κ1) is 15.0. The first-order chi connectivity index (χ1) is 8.43. The molecule has 0 radical (unpaired) electrons. The average Bonchev–Trinajstić information content (AvgIpc) is 2.30. The topological polar surface area (TPSA) is 57.6 Å². The van der Waals surface area contributed by atoms with Crippen LogP contribution in [0.1, 0.15) is 59.3 Å². The molecule has 18 heavy (non-hydrogen) atoms. The number of carboxylic acids is 1. The number of hydrogen-bond donors (Lipinski definition) is 1. The Bertz CT molecular complexity index is 306. The summed E-state index contributed by atoms with van der Waals surface area (Å²) < 4.78 is 0. The van der Waals surface area contributed by atoms with Crippen LogP contribution < -0.4 is 0 Å². The van der Waals surface area contributed by atoms with E-state index in [0.29, 0.717) is 19.4 Å². The summed E-state index contributed by atoms with van der Waals surface area (Å²) in [6.07, 6.45) is 4.38. The summed E-state index contributed by atoms with van der Waals surface area (Å²) in [5.74, 6) is -0.813. The first-order valence-electron chi connectivity index (χ1n) is 6.96. The minimum Gasteiger partial charge on any atom is -0.481 e. The molecular weight excluding hydrogens is 230 g/mol. The number of amides is 1. The highest BCUT2D eigenvalue weighted by Gasteiger charge is 2.42. The third-order valence-electron chi connectivity index (χ3n) is 4.04. The van der Waals surface area contributed by atoms with Gasteiger partial charge in [0.1, 0.15) is 0 Å². The SMILES string of the molecule is CCN(C(=O)CC1(C(=O)O)CCCCC1)C(C)C. The van der Waals surface area contributed by atoms with Gasteiger partial charge < -0.3 is 10.0 Å². The van der Waals surface area contributed by atoms with Crippen molar-refractivity contribution in [3.05, 3.63) is 0 Å². The summed E-state index contributed by atoms with van der Waals surface area (Å²) in [5, 5.41) is 9.46. The minimum absolute atomic E-state index is 0.0169. The molecule has 0 unspecified atom stereocenters. The summed E-state index contributed by atoms with van der Waals surface area (Å²) in [7, 11) is 0. The van der Waals surface area contributed by atoms with Crippen molar-refractivity contribution in [1.29, 1.82) is 0 Å². The van der Waals surface area contributed by atoms with E-state index in [-0.39, 0.29) is 18.4 Å². The largest absolute Gasteiger partial charge is 0.481 e. The molecule has 1 N–H and O–H groups in total. The van der Waals surface area contributed by atoms with Crippen LogP contribution >= 0.6 is 0 Å². The number of carbonyl (C=O) groups excluding carboxylic acids is 1. The van der Waals surface area contributed by atoms with Crippen molar-refractivity contribution in [1.82, 2.24) is 4.90 Å². The Morgan fingerprint density at radius 2 is 1.78 bits per heavy atom. The predicted molar refractivity (Wildman–Crippen MR) is 70.3 cm³/mol. The van der Waals surface area contributed by atoms with Crippen LogP contribution in [0.15, 0.2) is 0 Å². The Labute approximate surface area is 109 Å². The third kappa shape index (κ3) is 3.24. The lowest BCUT2D eigenvalue weighted by atomic mass is 9.71. The molecule has 0 aromatic carbocycles. The Kier molecular flexibility index (Phi) is 5.17. The third-order valence-corrected chi connectivity index (χ3v) is 4.04. The molecular formula is C14H25NO3. The van der Waals surface area contributed by atoms with Crippen LogP contribution in [0.4, 0.5) is 0 Å². The zero-order valence-corrected chi connectivity index (χ0v) is 11.7. The number of carboxylic acid groups (broad SMARTS) is 1. The molecule has 1 amide bonds. The molecule has 0 saturated heterocycles. The van der Waals surface area contributed by atoms with Gasteiger partial charge in [0.15, 0.2) is 0 Å². The van der Waals surface area contributed by atoms with Crippen molar-refractivity contribution in [2.24, 2.45) is 5.41 Å². The van der Waals surface area contributed by atoms with E-state index in [0.717, 1.165) is 19.3 Å². The summed E-state index contributed by atoms with van der Waals surface area (Å²) in [4.78, 5) is 25.5. The van der Waals surface area contributed by atoms with Gasteiger partial charge in [0.05, 0.1) is 5.41 Å². The molecule has 1 aliphatic rings. The van der Waals surface area contributed by atoms with Gasteiger partial charge in [-0.1, -0.05) is 19.3 Å². The lowest BCUT2D eigenvalue weighted by Gasteiger charge is -2.35. The molecule has 0 bridgehead atoms. The zero-order valence-electron chi connectivity index (χ0n) is 11.7. The van der Waals surface area contributed by atoms with Gasteiger partial charge in [-0.15, -0.1) is 0 Å². The van der Waals surface area contributed by atoms with Crippen molar-refractivity contribution in [2.45, 2.75) is 65.3 Å². The summed E-state index contributed by atoms with van der Waals surface area (Å²) in [6, 6.07) is 0.136. The van der Waals surface area contributed by atoms with Crippen LogP contribution in [0.2, 0.25) is 0 Å². The first-order valence-corrected chi connectivity index (χ1v) is 6.96. The second-order valence-corrected chi connectivity index (χ2v) is 5.60. The van der Waals surface area contributed by atoms with E-state index < -0.39 is 11.4 Å². The fraction of sp³-hybridized carbons (Fsp3) is 0.857. The van der Waals surface area contributed by atoms with Gasteiger partial charge >= 0.3 is 5.97 Å². The molecule has 0 heterocycles. The van der Waals surface area contributed by atoms with Gasteiger partial charge in [0.2, 0.25) is 5.91 Å². The minimum atomic E-state index is -0.808. The van der Waals surface area contributed by atoms with E-state index in [9.17, 15) is 14.7 Å². The lowest BCUT2D eigenvalue weighted by molar-refractivity contribution is -0.156. The van der Waals surface area contributed by atoms with Crippen molar-refractivity contribution < 1.29 is 14.7 Å². The molecule has 0 aromatic rings. The van der Waals surface area contributed by atoms with E-state index >= 15 is 0 Å². The molecule has 4 heteroatoms. The second-order valence-electron chi connectivity index (χ2n) is 5.60. The van der Waals surface area contributed by atoms with Crippen molar-refractivity contribution in [2.75, 3.05) is 6.54 Å². The van der Waals surface area contributed by atoms with E-state index in [4.69, 9.17) is 0 Å². The normalized spacial score (nSPS) is 18.7. The molecule has 0 spiro atoms. The number of aliphatic carboxylic acids is 1. The maximum absolute atomic E-state index is 12.3. The molecule has 4 nitrogen and oxygen atoms in total. The standard InChI is InChI=1S/C14H25NO3/c1-4-15(11(2)3)12(16)10-14(13(17)18)8-6-5-7-9-14/h11H,4-10H2,1-3H3,(H,17,18). The number of rotatable bonds is 5. The van der Waals surface area contributed by atoms with Crippen molar-refractivity contribution in [3.63, 3.8) is 0 Å². The zero-order chi connectivity index (χ0) is 13.8. The highest BCUT2D eigenvalue weighted by Crippen LogP contribution is 2.40. The van der Waals surface area contributed by atoms with Gasteiger partial charge in [-0.05, 0) is 33.6 Å². The van der Waals surface area contributed by atoms with Crippen molar-refractivity contribution >= 4 is 11.9 Å². The quantitative estimate of drug-likeness (QED) is 0.821. The van der Waals surface area contributed by atoms with Crippen LogP contribution in [0, 0.1) is 5.41 Å². The Balaban J connectivity index is 2.77. The van der Waals surface area contributed by atoms with E-state index in [2.05, 4.69) is 0 Å². The van der Waals surface area contributed by atoms with E-state index in [1.807, 2.05) is 20.8 Å². The maximum Gasteiger partial charge on any atom is 0.310 e. The predicted octanol–water partition coefficient (Wildman–Crippen LogP) is 2.67. The molecule has 0 aliphatic heterocycles. The molecule has 0 aromatic heterocycles. The molecule has 1 fully saturated rings.